The minimum absolute atomic E-state index is 0.0340. The summed E-state index contributed by atoms with van der Waals surface area (Å²) in [5.74, 6) is 0.459. The highest BCUT2D eigenvalue weighted by Gasteiger charge is 2.23. The second kappa shape index (κ2) is 8.59. The van der Waals surface area contributed by atoms with Gasteiger partial charge in [0.2, 0.25) is 5.75 Å². The van der Waals surface area contributed by atoms with Crippen LogP contribution in [0.5, 0.6) is 23.3 Å². The summed E-state index contributed by atoms with van der Waals surface area (Å²) in [5, 5.41) is 4.16. The van der Waals surface area contributed by atoms with Crippen molar-refractivity contribution in [2.24, 2.45) is 0 Å². The summed E-state index contributed by atoms with van der Waals surface area (Å²) in [6.07, 6.45) is 0. The van der Waals surface area contributed by atoms with Crippen LogP contribution in [-0.4, -0.2) is 48.6 Å². The maximum absolute atomic E-state index is 13.2. The second-order valence-corrected chi connectivity index (χ2v) is 5.79. The van der Waals surface area contributed by atoms with Gasteiger partial charge in [-0.05, 0) is 43.3 Å². The van der Waals surface area contributed by atoms with Crippen LogP contribution in [0.25, 0.3) is 11.4 Å². The van der Waals surface area contributed by atoms with Gasteiger partial charge in [0.05, 0.1) is 27.9 Å². The zero-order valence-corrected chi connectivity index (χ0v) is 16.4. The molecule has 0 spiro atoms. The highest BCUT2D eigenvalue weighted by molar-refractivity contribution is 5.97. The fraction of sp³-hybridized carbons (Fsp3) is 0.250. The Morgan fingerprint density at radius 3 is 2.17 bits per heavy atom. The molecule has 1 heterocycles. The standard InChI is InChI=1S/C20H20FN3O5/c1-5-29-20-22-18(13-10-15(26-2)17(28-4)16(11-13)27-3)24(23-20)19(25)12-6-8-14(21)9-7-12/h6-11H,5H2,1-4H3. The van der Waals surface area contributed by atoms with Gasteiger partial charge < -0.3 is 18.9 Å². The molecule has 8 nitrogen and oxygen atoms in total. The van der Waals surface area contributed by atoms with Gasteiger partial charge in [-0.2, -0.15) is 9.67 Å². The SMILES string of the molecule is CCOc1nc(-c2cc(OC)c(OC)c(OC)c2)n(C(=O)c2ccc(F)cc2)n1. The minimum atomic E-state index is -0.493. The summed E-state index contributed by atoms with van der Waals surface area (Å²) in [6.45, 7) is 2.10. The number of benzene rings is 2. The fourth-order valence-corrected chi connectivity index (χ4v) is 2.74. The van der Waals surface area contributed by atoms with Gasteiger partial charge in [-0.1, -0.05) is 0 Å². The minimum Gasteiger partial charge on any atom is -0.493 e. The molecule has 3 rings (SSSR count). The maximum Gasteiger partial charge on any atom is 0.336 e. The highest BCUT2D eigenvalue weighted by Crippen LogP contribution is 2.41. The number of hydrogen-bond donors (Lipinski definition) is 0. The molecule has 29 heavy (non-hydrogen) atoms. The number of hydrogen-bond acceptors (Lipinski definition) is 7. The average Bonchev–Trinajstić information content (AvgIpc) is 3.16. The van der Waals surface area contributed by atoms with Crippen LogP contribution >= 0.6 is 0 Å². The quantitative estimate of drug-likeness (QED) is 0.601. The van der Waals surface area contributed by atoms with Crippen molar-refractivity contribution in [3.8, 4) is 34.6 Å². The summed E-state index contributed by atoms with van der Waals surface area (Å²) in [6, 6.07) is 8.48. The third-order valence-corrected chi connectivity index (χ3v) is 4.07. The molecule has 152 valence electrons. The van der Waals surface area contributed by atoms with Crippen molar-refractivity contribution < 1.29 is 28.1 Å². The third-order valence-electron chi connectivity index (χ3n) is 4.07. The van der Waals surface area contributed by atoms with E-state index >= 15 is 0 Å². The Kier molecular flexibility index (Phi) is 5.96. The van der Waals surface area contributed by atoms with Crippen molar-refractivity contribution in [2.75, 3.05) is 27.9 Å². The molecule has 0 fully saturated rings. The van der Waals surface area contributed by atoms with Crippen LogP contribution in [0.2, 0.25) is 0 Å². The Morgan fingerprint density at radius 2 is 1.66 bits per heavy atom. The van der Waals surface area contributed by atoms with Gasteiger partial charge in [-0.15, -0.1) is 5.10 Å². The predicted octanol–water partition coefficient (Wildman–Crippen LogP) is 3.20. The second-order valence-electron chi connectivity index (χ2n) is 5.79. The Hall–Kier alpha value is -3.62. The fourth-order valence-electron chi connectivity index (χ4n) is 2.74. The molecule has 0 atom stereocenters. The maximum atomic E-state index is 13.2. The van der Waals surface area contributed by atoms with Gasteiger partial charge in [0.15, 0.2) is 17.3 Å². The summed E-state index contributed by atoms with van der Waals surface area (Å²) >= 11 is 0. The highest BCUT2D eigenvalue weighted by atomic mass is 19.1. The van der Waals surface area contributed by atoms with Gasteiger partial charge in [0.25, 0.3) is 5.91 Å². The number of methoxy groups -OCH3 is 3. The van der Waals surface area contributed by atoms with Gasteiger partial charge in [-0.3, -0.25) is 4.79 Å². The number of aromatic nitrogens is 3. The monoisotopic (exact) mass is 401 g/mol. The van der Waals surface area contributed by atoms with Crippen LogP contribution in [0.1, 0.15) is 17.3 Å². The van der Waals surface area contributed by atoms with Gasteiger partial charge in [0, 0.05) is 11.1 Å². The molecular weight excluding hydrogens is 381 g/mol. The third kappa shape index (κ3) is 3.98. The van der Waals surface area contributed by atoms with Crippen molar-refractivity contribution in [2.45, 2.75) is 6.92 Å². The first-order chi connectivity index (χ1) is 14.0. The molecule has 0 aliphatic heterocycles. The first kappa shape index (κ1) is 20.1. The largest absolute Gasteiger partial charge is 0.493 e. The van der Waals surface area contributed by atoms with Crippen molar-refractivity contribution in [3.63, 3.8) is 0 Å². The van der Waals surface area contributed by atoms with Crippen LogP contribution in [0.15, 0.2) is 36.4 Å². The van der Waals surface area contributed by atoms with E-state index in [9.17, 15) is 9.18 Å². The molecule has 9 heteroatoms. The molecular formula is C20H20FN3O5. The van der Waals surface area contributed by atoms with Crippen molar-refractivity contribution in [3.05, 3.63) is 47.8 Å². The zero-order chi connectivity index (χ0) is 21.0. The Balaban J connectivity index is 2.16. The smallest absolute Gasteiger partial charge is 0.336 e. The molecule has 0 radical (unpaired) electrons. The molecule has 0 bridgehead atoms. The van der Waals surface area contributed by atoms with E-state index in [2.05, 4.69) is 10.1 Å². The molecule has 3 aromatic rings. The molecule has 0 saturated heterocycles. The van der Waals surface area contributed by atoms with E-state index in [4.69, 9.17) is 18.9 Å². The molecule has 0 amide bonds. The normalized spacial score (nSPS) is 10.5. The Morgan fingerprint density at radius 1 is 1.03 bits per heavy atom. The van der Waals surface area contributed by atoms with E-state index in [0.29, 0.717) is 29.4 Å². The van der Waals surface area contributed by atoms with Crippen LogP contribution < -0.4 is 18.9 Å². The lowest BCUT2D eigenvalue weighted by atomic mass is 10.1. The number of halogens is 1. The summed E-state index contributed by atoms with van der Waals surface area (Å²) in [7, 11) is 4.47. The number of carbonyl (C=O) groups excluding carboxylic acids is 1. The van der Waals surface area contributed by atoms with Crippen LogP contribution in [0.4, 0.5) is 4.39 Å². The average molecular weight is 401 g/mol. The van der Waals surface area contributed by atoms with Crippen LogP contribution in [-0.2, 0) is 0 Å². The molecule has 0 aliphatic carbocycles. The van der Waals surface area contributed by atoms with E-state index < -0.39 is 11.7 Å². The van der Waals surface area contributed by atoms with Crippen molar-refractivity contribution in [1.29, 1.82) is 0 Å². The molecule has 1 aromatic heterocycles. The van der Waals surface area contributed by atoms with Gasteiger partial charge in [-0.25, -0.2) is 4.39 Å². The molecule has 0 N–H and O–H groups in total. The van der Waals surface area contributed by atoms with E-state index in [1.54, 1.807) is 19.1 Å². The van der Waals surface area contributed by atoms with Gasteiger partial charge >= 0.3 is 6.01 Å². The molecule has 0 unspecified atom stereocenters. The lowest BCUT2D eigenvalue weighted by Crippen LogP contribution is -2.15. The molecule has 2 aromatic carbocycles. The van der Waals surface area contributed by atoms with E-state index in [-0.39, 0.29) is 17.4 Å². The van der Waals surface area contributed by atoms with Gasteiger partial charge in [0.1, 0.15) is 5.82 Å². The predicted molar refractivity (Wildman–Crippen MR) is 102 cm³/mol. The number of ether oxygens (including phenoxy) is 4. The molecule has 0 aliphatic rings. The van der Waals surface area contributed by atoms with Crippen molar-refractivity contribution >= 4 is 5.91 Å². The van der Waals surface area contributed by atoms with Crippen molar-refractivity contribution in [1.82, 2.24) is 14.8 Å². The lowest BCUT2D eigenvalue weighted by Gasteiger charge is -2.14. The zero-order valence-electron chi connectivity index (χ0n) is 16.4. The topological polar surface area (TPSA) is 84.7 Å². The Bertz CT molecular complexity index is 992. The number of nitrogens with zero attached hydrogens (tertiary/aromatic N) is 3. The first-order valence-electron chi connectivity index (χ1n) is 8.72. The number of rotatable bonds is 7. The van der Waals surface area contributed by atoms with Crippen LogP contribution in [0.3, 0.4) is 0 Å². The number of carbonyl (C=O) groups is 1. The first-order valence-corrected chi connectivity index (χ1v) is 8.72. The lowest BCUT2D eigenvalue weighted by molar-refractivity contribution is 0.0944. The summed E-state index contributed by atoms with van der Waals surface area (Å²) < 4.78 is 35.8. The summed E-state index contributed by atoms with van der Waals surface area (Å²) in [4.78, 5) is 17.3. The Labute approximate surface area is 166 Å². The van der Waals surface area contributed by atoms with E-state index in [1.807, 2.05) is 0 Å². The summed E-state index contributed by atoms with van der Waals surface area (Å²) in [5.41, 5.74) is 0.737. The van der Waals surface area contributed by atoms with E-state index in [0.717, 1.165) is 4.68 Å². The molecule has 0 saturated carbocycles. The van der Waals surface area contributed by atoms with Crippen LogP contribution in [0, 0.1) is 5.82 Å². The van der Waals surface area contributed by atoms with E-state index in [1.165, 1.54) is 45.6 Å².